The lowest BCUT2D eigenvalue weighted by atomic mass is 10.0. The second kappa shape index (κ2) is 17.8. The van der Waals surface area contributed by atoms with E-state index in [4.69, 9.17) is 23.7 Å². The number of rotatable bonds is 8. The summed E-state index contributed by atoms with van der Waals surface area (Å²) in [5.41, 5.74) is 1.76. The molecule has 0 saturated carbocycles. The Labute approximate surface area is 304 Å². The highest BCUT2D eigenvalue weighted by atomic mass is 16.7. The molecule has 2 aliphatic rings. The number of likely N-dealkylation sites (N-methyl/N-ethyl adjacent to an activating group) is 1. The van der Waals surface area contributed by atoms with Gasteiger partial charge in [-0.15, -0.1) is 0 Å². The Hall–Kier alpha value is -5.21. The van der Waals surface area contributed by atoms with Crippen molar-refractivity contribution < 1.29 is 43.2 Å². The van der Waals surface area contributed by atoms with Crippen LogP contribution in [0.4, 0.5) is 26.7 Å². The van der Waals surface area contributed by atoms with Crippen LogP contribution in [-0.2, 0) is 4.74 Å². The molecule has 0 fully saturated rings. The van der Waals surface area contributed by atoms with Gasteiger partial charge in [0.1, 0.15) is 11.5 Å². The highest BCUT2D eigenvalue weighted by molar-refractivity contribution is 6.02. The van der Waals surface area contributed by atoms with E-state index in [1.165, 1.54) is 0 Å². The van der Waals surface area contributed by atoms with E-state index in [0.717, 1.165) is 19.3 Å². The molecule has 52 heavy (non-hydrogen) atoms. The Morgan fingerprint density at radius 3 is 2.35 bits per heavy atom. The van der Waals surface area contributed by atoms with E-state index in [1.54, 1.807) is 91.5 Å². The van der Waals surface area contributed by atoms with E-state index in [-0.39, 0.29) is 56.0 Å². The van der Waals surface area contributed by atoms with Gasteiger partial charge in [-0.3, -0.25) is 4.79 Å². The van der Waals surface area contributed by atoms with Gasteiger partial charge in [-0.25, -0.2) is 9.59 Å². The molecule has 0 unspecified atom stereocenters. The first-order valence-corrected chi connectivity index (χ1v) is 17.5. The van der Waals surface area contributed by atoms with Crippen molar-refractivity contribution in [2.75, 3.05) is 63.2 Å². The summed E-state index contributed by atoms with van der Waals surface area (Å²) in [6.07, 6.45) is 1.68. The summed E-state index contributed by atoms with van der Waals surface area (Å²) in [6.45, 7) is 6.46. The molecule has 0 aliphatic carbocycles. The molecule has 280 valence electrons. The fraction of sp³-hybridized carbons (Fsp3) is 0.447. The highest BCUT2D eigenvalue weighted by Crippen LogP contribution is 2.34. The smallest absolute Gasteiger partial charge is 0.323 e. The Kier molecular flexibility index (Phi) is 13.0. The SMILES string of the molecule is COc1ccc(NC(=O)Nc2ccc3c(c2)C(=O)N([C@H](C)CO)C[C@H](C)[C@@H](CN(C)C(=O)Nc2ccc4c(c2)OCO4)OCCCC[C@@H](C)O3)cc1. The van der Waals surface area contributed by atoms with E-state index in [1.807, 2.05) is 13.8 Å². The maximum atomic E-state index is 14.4. The number of amides is 5. The number of carbonyl (C=O) groups excluding carboxylic acids is 3. The quantitative estimate of drug-likeness (QED) is 0.218. The second-order valence-corrected chi connectivity index (χ2v) is 13.2. The number of anilines is 3. The van der Waals surface area contributed by atoms with Gasteiger partial charge in [-0.2, -0.15) is 0 Å². The molecule has 0 aromatic heterocycles. The first-order chi connectivity index (χ1) is 25.0. The Bertz CT molecular complexity index is 1690. The van der Waals surface area contributed by atoms with E-state index < -0.39 is 18.2 Å². The van der Waals surface area contributed by atoms with Crippen LogP contribution < -0.4 is 34.9 Å². The Balaban J connectivity index is 1.34. The van der Waals surface area contributed by atoms with Crippen molar-refractivity contribution in [3.8, 4) is 23.0 Å². The molecule has 2 heterocycles. The summed E-state index contributed by atoms with van der Waals surface area (Å²) >= 11 is 0. The van der Waals surface area contributed by atoms with Crippen LogP contribution in [0.1, 0.15) is 50.4 Å². The summed E-state index contributed by atoms with van der Waals surface area (Å²) in [7, 11) is 3.26. The predicted octanol–water partition coefficient (Wildman–Crippen LogP) is 6.03. The molecular weight excluding hydrogens is 670 g/mol. The molecule has 3 aromatic rings. The number of nitrogens with one attached hydrogen (secondary N) is 3. The summed E-state index contributed by atoms with van der Waals surface area (Å²) in [5.74, 6) is 1.60. The van der Waals surface area contributed by atoms with E-state index in [9.17, 15) is 19.5 Å². The Morgan fingerprint density at radius 2 is 1.62 bits per heavy atom. The van der Waals surface area contributed by atoms with Gasteiger partial charge in [0.15, 0.2) is 11.5 Å². The fourth-order valence-corrected chi connectivity index (χ4v) is 5.98. The molecule has 5 amide bonds. The molecule has 4 N–H and O–H groups in total. The van der Waals surface area contributed by atoms with E-state index >= 15 is 0 Å². The van der Waals surface area contributed by atoms with Crippen LogP contribution in [0.3, 0.4) is 0 Å². The van der Waals surface area contributed by atoms with Crippen molar-refractivity contribution in [3.05, 3.63) is 66.2 Å². The van der Waals surface area contributed by atoms with Crippen molar-refractivity contribution >= 4 is 35.0 Å². The van der Waals surface area contributed by atoms with Crippen molar-refractivity contribution in [2.24, 2.45) is 5.92 Å². The first-order valence-electron chi connectivity index (χ1n) is 17.5. The van der Waals surface area contributed by atoms with Crippen LogP contribution in [0.2, 0.25) is 0 Å². The molecule has 4 atom stereocenters. The number of aliphatic hydroxyl groups is 1. The van der Waals surface area contributed by atoms with Crippen LogP contribution in [0, 0.1) is 5.92 Å². The lowest BCUT2D eigenvalue weighted by Gasteiger charge is -2.35. The third-order valence-corrected chi connectivity index (χ3v) is 9.08. The van der Waals surface area contributed by atoms with Crippen LogP contribution >= 0.6 is 0 Å². The van der Waals surface area contributed by atoms with Gasteiger partial charge >= 0.3 is 12.1 Å². The minimum atomic E-state index is -0.559. The number of benzene rings is 3. The molecule has 14 heteroatoms. The maximum absolute atomic E-state index is 14.4. The number of hydrogen-bond acceptors (Lipinski definition) is 9. The number of methoxy groups -OCH3 is 1. The van der Waals surface area contributed by atoms with Crippen LogP contribution in [-0.4, -0.2) is 98.4 Å². The van der Waals surface area contributed by atoms with Crippen molar-refractivity contribution in [3.63, 3.8) is 0 Å². The van der Waals surface area contributed by atoms with Crippen molar-refractivity contribution in [1.82, 2.24) is 9.80 Å². The standard InChI is InChI=1S/C38H49N5O9/c1-24-20-43(25(2)22-44)36(45)31-18-28(40-37(46)39-27-9-13-30(48-5)14-10-27)11-15-32(31)52-26(3)8-6-7-17-49-35(24)21-42(4)38(47)41-29-12-16-33-34(19-29)51-23-50-33/h9-16,18-19,24-26,35,44H,6-8,17,20-23H2,1-5H3,(H,41,47)(H2,39,40,46)/t24-,25+,26+,35+/m0/s1. The summed E-state index contributed by atoms with van der Waals surface area (Å²) in [6, 6.07) is 15.7. The fourth-order valence-electron chi connectivity index (χ4n) is 5.98. The van der Waals surface area contributed by atoms with Gasteiger partial charge in [0.05, 0.1) is 37.5 Å². The monoisotopic (exact) mass is 719 g/mol. The zero-order chi connectivity index (χ0) is 37.2. The highest BCUT2D eigenvalue weighted by Gasteiger charge is 2.31. The maximum Gasteiger partial charge on any atom is 0.323 e. The van der Waals surface area contributed by atoms with E-state index in [0.29, 0.717) is 46.7 Å². The minimum absolute atomic E-state index is 0.135. The summed E-state index contributed by atoms with van der Waals surface area (Å²) in [5, 5.41) is 18.8. The first kappa shape index (κ1) is 38.0. The third kappa shape index (κ3) is 9.98. The number of urea groups is 2. The number of ether oxygens (including phenoxy) is 5. The number of fused-ring (bicyclic) bond motifs is 2. The van der Waals surface area contributed by atoms with Crippen LogP contribution in [0.15, 0.2) is 60.7 Å². The normalized spacial score (nSPS) is 19.7. The lowest BCUT2D eigenvalue weighted by Crippen LogP contribution is -2.48. The van der Waals surface area contributed by atoms with Gasteiger partial charge < -0.3 is 54.5 Å². The largest absolute Gasteiger partial charge is 0.497 e. The molecule has 2 aliphatic heterocycles. The predicted molar refractivity (Wildman–Crippen MR) is 197 cm³/mol. The van der Waals surface area contributed by atoms with Gasteiger partial charge in [0.2, 0.25) is 6.79 Å². The van der Waals surface area contributed by atoms with Crippen molar-refractivity contribution in [1.29, 1.82) is 0 Å². The average Bonchev–Trinajstić information content (AvgIpc) is 3.61. The number of nitrogens with zero attached hydrogens (tertiary/aromatic N) is 2. The summed E-state index contributed by atoms with van der Waals surface area (Å²) < 4.78 is 28.7. The molecule has 5 rings (SSSR count). The molecule has 0 saturated heterocycles. The summed E-state index contributed by atoms with van der Waals surface area (Å²) in [4.78, 5) is 43.8. The topological polar surface area (TPSA) is 160 Å². The van der Waals surface area contributed by atoms with Crippen LogP contribution in [0.25, 0.3) is 0 Å². The lowest BCUT2D eigenvalue weighted by molar-refractivity contribution is -0.0115. The van der Waals surface area contributed by atoms with Gasteiger partial charge in [0.25, 0.3) is 5.91 Å². The molecule has 0 bridgehead atoms. The molecular formula is C38H49N5O9. The van der Waals surface area contributed by atoms with E-state index in [2.05, 4.69) is 16.0 Å². The number of hydrogen-bond donors (Lipinski definition) is 4. The minimum Gasteiger partial charge on any atom is -0.497 e. The number of carbonyl (C=O) groups is 3. The van der Waals surface area contributed by atoms with Gasteiger partial charge in [0, 0.05) is 55.8 Å². The van der Waals surface area contributed by atoms with Gasteiger partial charge in [-0.1, -0.05) is 6.92 Å². The zero-order valence-electron chi connectivity index (χ0n) is 30.3. The number of aliphatic hydroxyl groups excluding tert-OH is 1. The molecule has 3 aromatic carbocycles. The van der Waals surface area contributed by atoms with Crippen LogP contribution in [0.5, 0.6) is 23.0 Å². The van der Waals surface area contributed by atoms with Crippen molar-refractivity contribution in [2.45, 2.75) is 58.3 Å². The Morgan fingerprint density at radius 1 is 0.942 bits per heavy atom. The third-order valence-electron chi connectivity index (χ3n) is 9.08. The zero-order valence-corrected chi connectivity index (χ0v) is 30.3. The van der Waals surface area contributed by atoms with Gasteiger partial charge in [-0.05, 0) is 87.7 Å². The molecule has 14 nitrogen and oxygen atoms in total. The molecule has 0 spiro atoms. The second-order valence-electron chi connectivity index (χ2n) is 13.2. The molecule has 0 radical (unpaired) electrons. The average molecular weight is 720 g/mol.